The monoisotopic (exact) mass is 190 g/mol. The fourth-order valence-corrected chi connectivity index (χ4v) is 1.11. The average Bonchev–Trinajstić information content (AvgIpc) is 2.92. The van der Waals surface area contributed by atoms with Crippen LogP contribution in [0, 0.1) is 6.92 Å². The minimum Gasteiger partial charge on any atom is -0.366 e. The topological polar surface area (TPSA) is 65.0 Å². The van der Waals surface area contributed by atoms with E-state index in [9.17, 15) is 4.79 Å². The van der Waals surface area contributed by atoms with Crippen molar-refractivity contribution in [2.75, 3.05) is 0 Å². The van der Waals surface area contributed by atoms with Crippen molar-refractivity contribution in [1.82, 2.24) is 5.32 Å². The summed E-state index contributed by atoms with van der Waals surface area (Å²) in [5, 5.41) is 3.19. The van der Waals surface area contributed by atoms with Gasteiger partial charge in [-0.15, -0.1) is 0 Å². The molecule has 1 saturated carbocycles. The van der Waals surface area contributed by atoms with E-state index in [-0.39, 0.29) is 5.91 Å². The van der Waals surface area contributed by atoms with E-state index in [1.807, 2.05) is 19.1 Å². The molecule has 1 aromatic rings. The van der Waals surface area contributed by atoms with E-state index in [1.54, 1.807) is 12.1 Å². The van der Waals surface area contributed by atoms with Gasteiger partial charge in [-0.1, -0.05) is 17.7 Å². The first-order valence-electron chi connectivity index (χ1n) is 4.79. The number of benzene rings is 1. The largest absolute Gasteiger partial charge is 0.366 e. The van der Waals surface area contributed by atoms with Gasteiger partial charge in [-0.05, 0) is 25.5 Å². The van der Waals surface area contributed by atoms with Gasteiger partial charge in [-0.3, -0.25) is 4.79 Å². The Balaban J connectivity index is 0.000000150. The normalized spacial score (nSPS) is 25.5. The number of carbonyl (C=O) groups excluding carboxylic acids is 1. The maximum Gasteiger partial charge on any atom is 0.248 e. The van der Waals surface area contributed by atoms with Crippen molar-refractivity contribution in [3.8, 4) is 0 Å². The number of primary amides is 1. The number of fused-ring (bicyclic) bond motifs is 1. The summed E-state index contributed by atoms with van der Waals surface area (Å²) in [4.78, 5) is 10.5. The van der Waals surface area contributed by atoms with Crippen LogP contribution < -0.4 is 11.1 Å². The second-order valence-electron chi connectivity index (χ2n) is 3.85. The van der Waals surface area contributed by atoms with E-state index >= 15 is 0 Å². The number of aryl methyl sites for hydroxylation is 1. The lowest BCUT2D eigenvalue weighted by molar-refractivity contribution is 0.100. The van der Waals surface area contributed by atoms with E-state index in [2.05, 4.69) is 5.32 Å². The van der Waals surface area contributed by atoms with Crippen molar-refractivity contribution < 1.29 is 4.79 Å². The highest BCUT2D eigenvalue weighted by molar-refractivity contribution is 5.92. The molecule has 1 aliphatic heterocycles. The minimum atomic E-state index is -0.375. The van der Waals surface area contributed by atoms with Crippen LogP contribution in [-0.2, 0) is 0 Å². The van der Waals surface area contributed by atoms with Crippen molar-refractivity contribution >= 4 is 5.91 Å². The predicted molar refractivity (Wildman–Crippen MR) is 55.0 cm³/mol. The second-order valence-corrected chi connectivity index (χ2v) is 3.85. The van der Waals surface area contributed by atoms with E-state index in [1.165, 1.54) is 6.42 Å². The fourth-order valence-electron chi connectivity index (χ4n) is 1.11. The van der Waals surface area contributed by atoms with Crippen LogP contribution in [0.5, 0.6) is 0 Å². The summed E-state index contributed by atoms with van der Waals surface area (Å²) >= 11 is 0. The summed E-state index contributed by atoms with van der Waals surface area (Å²) in [7, 11) is 0. The van der Waals surface area contributed by atoms with Gasteiger partial charge >= 0.3 is 0 Å². The van der Waals surface area contributed by atoms with Crippen molar-refractivity contribution in [2.45, 2.75) is 25.4 Å². The highest BCUT2D eigenvalue weighted by atomic mass is 16.1. The van der Waals surface area contributed by atoms with E-state index < -0.39 is 0 Å². The maximum atomic E-state index is 10.5. The molecule has 0 spiro atoms. The number of nitrogens with two attached hydrogens (primary N) is 1. The number of nitrogens with one attached hydrogen (secondary N) is 1. The molecule has 3 rings (SSSR count). The van der Waals surface area contributed by atoms with Crippen LogP contribution in [0.1, 0.15) is 22.3 Å². The first kappa shape index (κ1) is 9.21. The third-order valence-corrected chi connectivity index (χ3v) is 2.45. The summed E-state index contributed by atoms with van der Waals surface area (Å²) in [5.74, 6) is -0.375. The minimum absolute atomic E-state index is 0.375. The van der Waals surface area contributed by atoms with Crippen LogP contribution in [0.4, 0.5) is 0 Å². The van der Waals surface area contributed by atoms with Crippen LogP contribution >= 0.6 is 0 Å². The van der Waals surface area contributed by atoms with Crippen molar-refractivity contribution in [3.05, 3.63) is 35.4 Å². The Hall–Kier alpha value is -1.35. The molecule has 2 atom stereocenters. The van der Waals surface area contributed by atoms with Gasteiger partial charge in [0.15, 0.2) is 0 Å². The molecule has 3 nitrogen and oxygen atoms in total. The van der Waals surface area contributed by atoms with E-state index in [4.69, 9.17) is 5.73 Å². The molecular weight excluding hydrogens is 176 g/mol. The summed E-state index contributed by atoms with van der Waals surface area (Å²) in [6, 6.07) is 9.16. The lowest BCUT2D eigenvalue weighted by Gasteiger charge is -1.93. The highest BCUT2D eigenvalue weighted by Crippen LogP contribution is 2.35. The molecular formula is C11H14N2O. The van der Waals surface area contributed by atoms with Gasteiger partial charge in [0.2, 0.25) is 5.91 Å². The van der Waals surface area contributed by atoms with Crippen LogP contribution in [-0.4, -0.2) is 18.0 Å². The number of hydrogen-bond donors (Lipinski definition) is 2. The number of rotatable bonds is 1. The highest BCUT2D eigenvalue weighted by Gasteiger charge is 2.52. The molecule has 74 valence electrons. The van der Waals surface area contributed by atoms with Crippen LogP contribution in [0.15, 0.2) is 24.3 Å². The Bertz CT molecular complexity index is 333. The molecule has 2 unspecified atom stereocenters. The quantitative estimate of drug-likeness (QED) is 0.644. The summed E-state index contributed by atoms with van der Waals surface area (Å²) in [5.41, 5.74) is 6.72. The predicted octanol–water partition coefficient (Wildman–Crippen LogP) is 0.824. The Morgan fingerprint density at radius 2 is 1.79 bits per heavy atom. The standard InChI is InChI=1S/C8H9NO.C3H5N/c1-6-2-4-7(5-3-6)8(9)10;1-2-3(1)4-2/h2-5H,1H3,(H2,9,10);2-4H,1H2. The molecule has 1 amide bonds. The van der Waals surface area contributed by atoms with Gasteiger partial charge in [-0.2, -0.15) is 0 Å². The smallest absolute Gasteiger partial charge is 0.248 e. The lowest BCUT2D eigenvalue weighted by Crippen LogP contribution is -2.10. The first-order valence-corrected chi connectivity index (χ1v) is 4.79. The SMILES string of the molecule is C1C2NC12.Cc1ccc(C(N)=O)cc1. The van der Waals surface area contributed by atoms with Gasteiger partial charge in [0, 0.05) is 17.6 Å². The third kappa shape index (κ3) is 2.33. The Morgan fingerprint density at radius 1 is 1.36 bits per heavy atom. The molecule has 3 heteroatoms. The molecule has 1 saturated heterocycles. The summed E-state index contributed by atoms with van der Waals surface area (Å²) < 4.78 is 0. The molecule has 2 aliphatic rings. The zero-order chi connectivity index (χ0) is 10.1. The van der Waals surface area contributed by atoms with Crippen molar-refractivity contribution in [1.29, 1.82) is 0 Å². The number of amides is 1. The van der Waals surface area contributed by atoms with Gasteiger partial charge in [0.1, 0.15) is 0 Å². The average molecular weight is 190 g/mol. The number of hydrogen-bond acceptors (Lipinski definition) is 2. The van der Waals surface area contributed by atoms with Crippen molar-refractivity contribution in [3.63, 3.8) is 0 Å². The van der Waals surface area contributed by atoms with Gasteiger partial charge < -0.3 is 11.1 Å². The summed E-state index contributed by atoms with van der Waals surface area (Å²) in [6.45, 7) is 1.96. The van der Waals surface area contributed by atoms with Crippen LogP contribution in [0.3, 0.4) is 0 Å². The first-order chi connectivity index (χ1) is 6.66. The lowest BCUT2D eigenvalue weighted by atomic mass is 10.1. The molecule has 0 aromatic heterocycles. The zero-order valence-electron chi connectivity index (χ0n) is 8.16. The fraction of sp³-hybridized carbons (Fsp3) is 0.364. The van der Waals surface area contributed by atoms with E-state index in [0.29, 0.717) is 5.56 Å². The molecule has 2 fully saturated rings. The van der Waals surface area contributed by atoms with Crippen LogP contribution in [0.2, 0.25) is 0 Å². The maximum absolute atomic E-state index is 10.5. The van der Waals surface area contributed by atoms with Crippen molar-refractivity contribution in [2.24, 2.45) is 5.73 Å². The zero-order valence-corrected chi connectivity index (χ0v) is 8.16. The second kappa shape index (κ2) is 3.42. The van der Waals surface area contributed by atoms with E-state index in [0.717, 1.165) is 17.6 Å². The Labute approximate surface area is 83.3 Å². The molecule has 14 heavy (non-hydrogen) atoms. The molecule has 3 N–H and O–H groups in total. The van der Waals surface area contributed by atoms with Crippen LogP contribution in [0.25, 0.3) is 0 Å². The van der Waals surface area contributed by atoms with Gasteiger partial charge in [0.25, 0.3) is 0 Å². The Morgan fingerprint density at radius 3 is 2.07 bits per heavy atom. The number of carbonyl (C=O) groups is 1. The molecule has 0 bridgehead atoms. The third-order valence-electron chi connectivity index (χ3n) is 2.45. The molecule has 1 heterocycles. The molecule has 1 aliphatic carbocycles. The molecule has 1 aromatic carbocycles. The van der Waals surface area contributed by atoms with Gasteiger partial charge in [0.05, 0.1) is 0 Å². The summed E-state index contributed by atoms with van der Waals surface area (Å²) in [6.07, 6.45) is 1.47. The Kier molecular flexibility index (Phi) is 2.25. The van der Waals surface area contributed by atoms with Gasteiger partial charge in [-0.25, -0.2) is 0 Å². The molecule has 0 radical (unpaired) electrons.